The first-order chi connectivity index (χ1) is 12.5. The van der Waals surface area contributed by atoms with Crippen molar-refractivity contribution in [3.05, 3.63) is 65.7 Å². The molecule has 1 saturated heterocycles. The lowest BCUT2D eigenvalue weighted by Gasteiger charge is -2.34. The van der Waals surface area contributed by atoms with Crippen molar-refractivity contribution < 1.29 is 23.9 Å². The van der Waals surface area contributed by atoms with Gasteiger partial charge in [-0.15, -0.1) is 0 Å². The molecule has 0 aliphatic carbocycles. The van der Waals surface area contributed by atoms with Gasteiger partial charge in [0.25, 0.3) is 17.7 Å². The van der Waals surface area contributed by atoms with Crippen molar-refractivity contribution in [1.29, 1.82) is 0 Å². The first kappa shape index (κ1) is 17.2. The highest BCUT2D eigenvalue weighted by atomic mass is 16.5. The van der Waals surface area contributed by atoms with E-state index in [9.17, 15) is 19.2 Å². The summed E-state index contributed by atoms with van der Waals surface area (Å²) in [4.78, 5) is 49.3. The minimum atomic E-state index is -2.06. The van der Waals surface area contributed by atoms with E-state index < -0.39 is 29.3 Å². The Morgan fingerprint density at radius 1 is 0.923 bits per heavy atom. The number of benzene rings is 2. The van der Waals surface area contributed by atoms with E-state index in [1.807, 2.05) is 10.6 Å². The number of rotatable bonds is 4. The van der Waals surface area contributed by atoms with Crippen molar-refractivity contribution in [3.8, 4) is 5.75 Å². The molecule has 26 heavy (non-hydrogen) atoms. The van der Waals surface area contributed by atoms with Gasteiger partial charge in [0.15, 0.2) is 0 Å². The highest BCUT2D eigenvalue weighted by Crippen LogP contribution is 2.25. The number of urea groups is 1. The topological polar surface area (TPSA) is 114 Å². The number of barbiturate groups is 1. The largest absolute Gasteiger partial charge is 0.497 e. The summed E-state index contributed by atoms with van der Waals surface area (Å²) in [5, 5.41) is 6.53. The molecule has 132 valence electrons. The van der Waals surface area contributed by atoms with Gasteiger partial charge in [-0.2, -0.15) is 0 Å². The Morgan fingerprint density at radius 3 is 2.04 bits per heavy atom. The summed E-state index contributed by atoms with van der Waals surface area (Å²) in [6.45, 7) is 0. The zero-order valence-electron chi connectivity index (χ0n) is 13.7. The van der Waals surface area contributed by atoms with E-state index in [1.165, 1.54) is 31.4 Å². The van der Waals surface area contributed by atoms with Crippen molar-refractivity contribution in [2.75, 3.05) is 7.11 Å². The van der Waals surface area contributed by atoms with Crippen molar-refractivity contribution >= 4 is 23.8 Å². The van der Waals surface area contributed by atoms with Gasteiger partial charge in [-0.25, -0.2) is 4.79 Å². The maximum atomic E-state index is 12.7. The Labute approximate surface area is 148 Å². The molecule has 0 spiro atoms. The van der Waals surface area contributed by atoms with Gasteiger partial charge in [0.2, 0.25) is 5.54 Å². The first-order valence-electron chi connectivity index (χ1n) is 7.66. The van der Waals surface area contributed by atoms with E-state index in [-0.39, 0.29) is 11.1 Å². The summed E-state index contributed by atoms with van der Waals surface area (Å²) in [6.07, 6.45) is 0. The van der Waals surface area contributed by atoms with Crippen LogP contribution < -0.4 is 20.7 Å². The van der Waals surface area contributed by atoms with Crippen molar-refractivity contribution in [3.63, 3.8) is 0 Å². The predicted octanol–water partition coefficient (Wildman–Crippen LogP) is 0.686. The highest BCUT2D eigenvalue weighted by molar-refractivity contribution is 6.24. The van der Waals surface area contributed by atoms with Crippen molar-refractivity contribution in [1.82, 2.24) is 16.0 Å². The summed E-state index contributed by atoms with van der Waals surface area (Å²) in [5.41, 5.74) is -1.62. The number of methoxy groups -OCH3 is 1. The molecule has 1 fully saturated rings. The van der Waals surface area contributed by atoms with Crippen LogP contribution in [0.5, 0.6) is 5.75 Å². The standard InChI is InChI=1S/C18H15N3O5/c1-26-13-9-7-11(8-10-13)14(22)21-18(12-5-3-2-4-6-12)15(23)19-17(25)20-16(18)24/h2-10H,1H3,(H,21,22)(H2,19,20,23,24,25). The molecule has 8 heteroatoms. The van der Waals surface area contributed by atoms with Crippen LogP contribution in [-0.2, 0) is 15.1 Å². The second-order valence-electron chi connectivity index (χ2n) is 5.54. The smallest absolute Gasteiger partial charge is 0.328 e. The highest BCUT2D eigenvalue weighted by Gasteiger charge is 2.53. The van der Waals surface area contributed by atoms with Gasteiger partial charge in [0, 0.05) is 5.56 Å². The normalized spacial score (nSPS) is 15.7. The van der Waals surface area contributed by atoms with Crippen LogP contribution in [0.3, 0.4) is 0 Å². The van der Waals surface area contributed by atoms with Crippen LogP contribution in [0.15, 0.2) is 54.6 Å². The van der Waals surface area contributed by atoms with Crippen LogP contribution in [0.25, 0.3) is 0 Å². The Hall–Kier alpha value is -3.68. The quantitative estimate of drug-likeness (QED) is 0.700. The van der Waals surface area contributed by atoms with Crippen LogP contribution in [-0.4, -0.2) is 30.9 Å². The molecular formula is C18H15N3O5. The molecule has 1 aliphatic heterocycles. The lowest BCUT2D eigenvalue weighted by atomic mass is 9.86. The first-order valence-corrected chi connectivity index (χ1v) is 7.66. The van der Waals surface area contributed by atoms with E-state index in [1.54, 1.807) is 30.3 Å². The fraction of sp³-hybridized carbons (Fsp3) is 0.111. The number of hydrogen-bond donors (Lipinski definition) is 3. The van der Waals surface area contributed by atoms with E-state index in [0.29, 0.717) is 5.75 Å². The third-order valence-corrected chi connectivity index (χ3v) is 4.00. The zero-order chi connectivity index (χ0) is 18.7. The van der Waals surface area contributed by atoms with Crippen molar-refractivity contribution in [2.45, 2.75) is 5.54 Å². The summed E-state index contributed by atoms with van der Waals surface area (Å²) < 4.78 is 5.04. The van der Waals surface area contributed by atoms with E-state index in [2.05, 4.69) is 5.32 Å². The molecule has 0 unspecified atom stereocenters. The zero-order valence-corrected chi connectivity index (χ0v) is 13.7. The molecule has 0 bridgehead atoms. The van der Waals surface area contributed by atoms with Crippen LogP contribution in [0.1, 0.15) is 15.9 Å². The Bertz CT molecular complexity index is 857. The van der Waals surface area contributed by atoms with Crippen molar-refractivity contribution in [2.24, 2.45) is 0 Å². The van der Waals surface area contributed by atoms with Crippen LogP contribution in [0.2, 0.25) is 0 Å². The molecule has 2 aromatic rings. The average molecular weight is 353 g/mol. The Kier molecular flexibility index (Phi) is 4.40. The molecule has 2 aromatic carbocycles. The lowest BCUT2D eigenvalue weighted by molar-refractivity contribution is -0.139. The average Bonchev–Trinajstić information content (AvgIpc) is 2.65. The van der Waals surface area contributed by atoms with Gasteiger partial charge < -0.3 is 10.1 Å². The molecule has 3 N–H and O–H groups in total. The summed E-state index contributed by atoms with van der Waals surface area (Å²) in [5.74, 6) is -1.96. The van der Waals surface area contributed by atoms with Crippen LogP contribution in [0, 0.1) is 0 Å². The molecule has 8 nitrogen and oxygen atoms in total. The Morgan fingerprint density at radius 2 is 1.50 bits per heavy atom. The monoisotopic (exact) mass is 353 g/mol. The number of imide groups is 2. The maximum Gasteiger partial charge on any atom is 0.328 e. The third kappa shape index (κ3) is 2.88. The fourth-order valence-corrected chi connectivity index (χ4v) is 2.65. The fourth-order valence-electron chi connectivity index (χ4n) is 2.65. The van der Waals surface area contributed by atoms with Gasteiger partial charge in [0.05, 0.1) is 7.11 Å². The maximum absolute atomic E-state index is 12.7. The molecule has 1 aliphatic rings. The van der Waals surface area contributed by atoms with Crippen LogP contribution >= 0.6 is 0 Å². The van der Waals surface area contributed by atoms with Crippen LogP contribution in [0.4, 0.5) is 4.79 Å². The molecule has 1 heterocycles. The van der Waals surface area contributed by atoms with E-state index in [4.69, 9.17) is 4.74 Å². The summed E-state index contributed by atoms with van der Waals surface area (Å²) >= 11 is 0. The SMILES string of the molecule is COc1ccc(C(=O)NC2(c3ccccc3)C(=O)NC(=O)NC2=O)cc1. The van der Waals surface area contributed by atoms with Gasteiger partial charge in [0.1, 0.15) is 5.75 Å². The Balaban J connectivity index is 2.01. The number of amides is 5. The second kappa shape index (κ2) is 6.67. The molecule has 0 atom stereocenters. The molecule has 0 radical (unpaired) electrons. The minimum Gasteiger partial charge on any atom is -0.497 e. The molecular weight excluding hydrogens is 338 g/mol. The number of nitrogens with one attached hydrogen (secondary N) is 3. The van der Waals surface area contributed by atoms with E-state index >= 15 is 0 Å². The molecule has 0 saturated carbocycles. The molecule has 0 aromatic heterocycles. The van der Waals surface area contributed by atoms with Gasteiger partial charge in [-0.1, -0.05) is 30.3 Å². The number of hydrogen-bond acceptors (Lipinski definition) is 5. The molecule has 3 rings (SSSR count). The lowest BCUT2D eigenvalue weighted by Crippen LogP contribution is -2.71. The number of carbonyl (C=O) groups is 4. The molecule has 5 amide bonds. The number of carbonyl (C=O) groups excluding carboxylic acids is 4. The van der Waals surface area contributed by atoms with E-state index in [0.717, 1.165) is 0 Å². The summed E-state index contributed by atoms with van der Waals surface area (Å²) in [6, 6.07) is 13.2. The summed E-state index contributed by atoms with van der Waals surface area (Å²) in [7, 11) is 1.49. The predicted molar refractivity (Wildman–Crippen MR) is 90.3 cm³/mol. The second-order valence-corrected chi connectivity index (χ2v) is 5.54. The van der Waals surface area contributed by atoms with Gasteiger partial charge >= 0.3 is 6.03 Å². The third-order valence-electron chi connectivity index (χ3n) is 4.00. The minimum absolute atomic E-state index is 0.221. The van der Waals surface area contributed by atoms with Gasteiger partial charge in [-0.3, -0.25) is 25.0 Å². The number of ether oxygens (including phenoxy) is 1. The van der Waals surface area contributed by atoms with Gasteiger partial charge in [-0.05, 0) is 29.8 Å².